The zero-order chi connectivity index (χ0) is 16.4. The van der Waals surface area contributed by atoms with Gasteiger partial charge >= 0.3 is 0 Å². The fourth-order valence-electron chi connectivity index (χ4n) is 2.36. The fraction of sp³-hybridized carbons (Fsp3) is 0.312. The van der Waals surface area contributed by atoms with Gasteiger partial charge in [-0.25, -0.2) is 0 Å². The molecule has 2 N–H and O–H groups in total. The summed E-state index contributed by atoms with van der Waals surface area (Å²) < 4.78 is 5.58. The third-order valence-electron chi connectivity index (χ3n) is 3.30. The highest BCUT2D eigenvalue weighted by Gasteiger charge is 2.18. The monoisotopic (exact) mass is 304 g/mol. The highest BCUT2D eigenvalue weighted by molar-refractivity contribution is 5.91. The number of phenolic OH excluding ortho intramolecular Hbond substituents is 1. The molecule has 1 aromatic carbocycles. The number of aliphatic hydroxyl groups is 1. The van der Waals surface area contributed by atoms with E-state index in [2.05, 4.69) is 0 Å². The van der Waals surface area contributed by atoms with Crippen LogP contribution in [0.1, 0.15) is 23.8 Å². The van der Waals surface area contributed by atoms with Crippen molar-refractivity contribution < 1.29 is 24.2 Å². The average Bonchev–Trinajstić information content (AvgIpc) is 2.41. The minimum Gasteiger partial charge on any atom is -0.508 e. The van der Waals surface area contributed by atoms with Crippen LogP contribution in [0.4, 0.5) is 0 Å². The predicted octanol–water partition coefficient (Wildman–Crippen LogP) is 1.04. The molecule has 0 amide bonds. The number of carbonyl (C=O) groups excluding carboxylic acids is 2. The van der Waals surface area contributed by atoms with E-state index in [9.17, 15) is 19.5 Å². The van der Waals surface area contributed by atoms with Crippen molar-refractivity contribution in [3.63, 3.8) is 0 Å². The zero-order valence-electron chi connectivity index (χ0n) is 12.3. The maximum atomic E-state index is 12.2. The maximum Gasteiger partial charge on any atom is 0.193 e. The van der Waals surface area contributed by atoms with E-state index >= 15 is 0 Å². The van der Waals surface area contributed by atoms with Gasteiger partial charge in [0, 0.05) is 18.1 Å². The number of aliphatic hydroxyl groups excluding tert-OH is 1. The van der Waals surface area contributed by atoms with Gasteiger partial charge in [0.05, 0.1) is 11.8 Å². The smallest absolute Gasteiger partial charge is 0.193 e. The molecule has 1 heterocycles. The summed E-state index contributed by atoms with van der Waals surface area (Å²) in [7, 11) is 0. The van der Waals surface area contributed by atoms with Gasteiger partial charge in [-0.3, -0.25) is 14.4 Å². The number of carbonyl (C=O) groups is 2. The van der Waals surface area contributed by atoms with Gasteiger partial charge in [-0.1, -0.05) is 0 Å². The van der Waals surface area contributed by atoms with E-state index in [1.54, 1.807) is 6.92 Å². The summed E-state index contributed by atoms with van der Waals surface area (Å²) in [5, 5.41) is 19.2. The molecule has 0 saturated heterocycles. The van der Waals surface area contributed by atoms with E-state index in [0.717, 1.165) is 0 Å². The third kappa shape index (κ3) is 3.07. The third-order valence-corrected chi connectivity index (χ3v) is 3.30. The molecule has 6 nitrogen and oxygen atoms in total. The lowest BCUT2D eigenvalue weighted by molar-refractivity contribution is -0.121. The van der Waals surface area contributed by atoms with Crippen LogP contribution in [0, 0.1) is 6.92 Å². The van der Waals surface area contributed by atoms with E-state index in [4.69, 9.17) is 9.52 Å². The lowest BCUT2D eigenvalue weighted by Crippen LogP contribution is -2.11. The van der Waals surface area contributed by atoms with Crippen molar-refractivity contribution in [2.24, 2.45) is 0 Å². The zero-order valence-corrected chi connectivity index (χ0v) is 12.3. The number of rotatable bonds is 5. The van der Waals surface area contributed by atoms with Gasteiger partial charge in [0.2, 0.25) is 0 Å². The van der Waals surface area contributed by atoms with Gasteiger partial charge in [0.25, 0.3) is 0 Å². The average molecular weight is 304 g/mol. The summed E-state index contributed by atoms with van der Waals surface area (Å²) in [5.74, 6) is -0.699. The highest BCUT2D eigenvalue weighted by atomic mass is 16.3. The minimum atomic E-state index is -0.674. The van der Waals surface area contributed by atoms with Gasteiger partial charge in [-0.05, 0) is 25.5 Å². The van der Waals surface area contributed by atoms with Crippen LogP contribution in [0.2, 0.25) is 0 Å². The van der Waals surface area contributed by atoms with Crippen LogP contribution in [-0.4, -0.2) is 28.4 Å². The molecule has 0 bridgehead atoms. The van der Waals surface area contributed by atoms with Gasteiger partial charge in [-0.15, -0.1) is 0 Å². The predicted molar refractivity (Wildman–Crippen MR) is 79.1 cm³/mol. The first-order valence-corrected chi connectivity index (χ1v) is 6.73. The number of phenols is 1. The summed E-state index contributed by atoms with van der Waals surface area (Å²) in [4.78, 5) is 34.9. The number of hydrogen-bond acceptors (Lipinski definition) is 6. The lowest BCUT2D eigenvalue weighted by atomic mass is 10.00. The maximum absolute atomic E-state index is 12.2. The molecule has 0 unspecified atom stereocenters. The summed E-state index contributed by atoms with van der Waals surface area (Å²) in [5.41, 5.74) is 0.397. The minimum absolute atomic E-state index is 0.0483. The number of ketones is 2. The Balaban J connectivity index is 2.76. The van der Waals surface area contributed by atoms with Crippen LogP contribution < -0.4 is 5.43 Å². The van der Waals surface area contributed by atoms with Crippen molar-refractivity contribution in [2.75, 3.05) is 6.61 Å². The Labute approximate surface area is 126 Å². The molecule has 2 aromatic rings. The summed E-state index contributed by atoms with van der Waals surface area (Å²) in [6, 6.07) is 2.62. The van der Waals surface area contributed by atoms with E-state index in [0.29, 0.717) is 5.56 Å². The number of aryl methyl sites for hydroxylation is 1. The molecule has 22 heavy (non-hydrogen) atoms. The van der Waals surface area contributed by atoms with Crippen LogP contribution in [0.3, 0.4) is 0 Å². The Hall–Kier alpha value is -2.47. The number of hydrogen-bond donors (Lipinski definition) is 2. The molecule has 0 aliphatic rings. The molecule has 0 aliphatic heterocycles. The van der Waals surface area contributed by atoms with Crippen molar-refractivity contribution in [1.29, 1.82) is 0 Å². The Morgan fingerprint density at radius 1 is 1.23 bits per heavy atom. The summed E-state index contributed by atoms with van der Waals surface area (Å²) in [6.45, 7) is 2.33. The van der Waals surface area contributed by atoms with Crippen LogP contribution in [-0.2, 0) is 22.4 Å². The van der Waals surface area contributed by atoms with Gasteiger partial charge in [0.1, 0.15) is 29.5 Å². The standard InChI is InChI=1S/C16H16O6/c1-8-3-13(20)12(5-10(19)7-17)16-15(8)14(21)6-11(22-16)4-9(2)18/h3,6,17,20H,4-5,7H2,1-2H3. The number of benzene rings is 1. The number of fused-ring (bicyclic) bond motifs is 1. The van der Waals surface area contributed by atoms with Crippen molar-refractivity contribution in [2.45, 2.75) is 26.7 Å². The Morgan fingerprint density at radius 3 is 2.50 bits per heavy atom. The highest BCUT2D eigenvalue weighted by Crippen LogP contribution is 2.30. The molecule has 0 spiro atoms. The van der Waals surface area contributed by atoms with E-state index < -0.39 is 12.4 Å². The Morgan fingerprint density at radius 2 is 1.91 bits per heavy atom. The second-order valence-electron chi connectivity index (χ2n) is 5.22. The van der Waals surface area contributed by atoms with Crippen LogP contribution in [0.25, 0.3) is 11.0 Å². The number of aromatic hydroxyl groups is 1. The van der Waals surface area contributed by atoms with Crippen LogP contribution in [0.15, 0.2) is 21.3 Å². The lowest BCUT2D eigenvalue weighted by Gasteiger charge is -2.10. The molecule has 1 aromatic heterocycles. The fourth-order valence-corrected chi connectivity index (χ4v) is 2.36. The van der Waals surface area contributed by atoms with Gasteiger partial charge in [0.15, 0.2) is 11.2 Å². The molecular formula is C16H16O6. The molecule has 0 saturated carbocycles. The topological polar surface area (TPSA) is 105 Å². The van der Waals surface area contributed by atoms with Crippen molar-refractivity contribution >= 4 is 22.5 Å². The molecule has 116 valence electrons. The first-order chi connectivity index (χ1) is 10.3. The van der Waals surface area contributed by atoms with Crippen LogP contribution in [0.5, 0.6) is 5.75 Å². The Kier molecular flexibility index (Phi) is 4.42. The first-order valence-electron chi connectivity index (χ1n) is 6.73. The van der Waals surface area contributed by atoms with Crippen molar-refractivity contribution in [3.8, 4) is 5.75 Å². The van der Waals surface area contributed by atoms with Crippen molar-refractivity contribution in [3.05, 3.63) is 39.2 Å². The van der Waals surface area contributed by atoms with Crippen molar-refractivity contribution in [1.82, 2.24) is 0 Å². The normalized spacial score (nSPS) is 10.9. The number of Topliss-reactive ketones (excluding diaryl/α,β-unsaturated/α-hetero) is 2. The largest absolute Gasteiger partial charge is 0.508 e. The van der Waals surface area contributed by atoms with E-state index in [-0.39, 0.29) is 52.1 Å². The molecule has 6 heteroatoms. The molecule has 0 fully saturated rings. The molecular weight excluding hydrogens is 288 g/mol. The van der Waals surface area contributed by atoms with Gasteiger partial charge in [-0.2, -0.15) is 0 Å². The SMILES string of the molecule is CC(=O)Cc1cc(=O)c2c(C)cc(O)c(CC(=O)CO)c2o1. The summed E-state index contributed by atoms with van der Waals surface area (Å²) in [6.07, 6.45) is -0.307. The first kappa shape index (κ1) is 15.9. The molecule has 0 radical (unpaired) electrons. The van der Waals surface area contributed by atoms with E-state index in [1.165, 1.54) is 19.1 Å². The second-order valence-corrected chi connectivity index (χ2v) is 5.22. The quantitative estimate of drug-likeness (QED) is 0.855. The molecule has 2 rings (SSSR count). The molecule has 0 aliphatic carbocycles. The van der Waals surface area contributed by atoms with Crippen LogP contribution >= 0.6 is 0 Å². The van der Waals surface area contributed by atoms with Gasteiger partial charge < -0.3 is 14.6 Å². The Bertz CT molecular complexity index is 815. The summed E-state index contributed by atoms with van der Waals surface area (Å²) >= 11 is 0. The van der Waals surface area contributed by atoms with E-state index in [1.807, 2.05) is 0 Å². The second kappa shape index (κ2) is 6.11. The molecule has 0 atom stereocenters.